The van der Waals surface area contributed by atoms with E-state index < -0.39 is 0 Å². The minimum Gasteiger partial charge on any atom is -0.323 e. The molecule has 0 aliphatic heterocycles. The third kappa shape index (κ3) is 6.38. The van der Waals surface area contributed by atoms with Crippen LogP contribution in [0.5, 0.6) is 0 Å². The molecule has 1 heteroatoms. The molecule has 1 rings (SSSR count). The Hall–Kier alpha value is -0.560. The Labute approximate surface area is 133 Å². The summed E-state index contributed by atoms with van der Waals surface area (Å²) in [6, 6.07) is 0. The number of hydrogen-bond acceptors (Lipinski definition) is 0. The Morgan fingerprint density at radius 3 is 1.76 bits per heavy atom. The summed E-state index contributed by atoms with van der Waals surface area (Å²) < 4.78 is 1.35. The van der Waals surface area contributed by atoms with Gasteiger partial charge < -0.3 is 4.48 Å². The van der Waals surface area contributed by atoms with Crippen LogP contribution >= 0.6 is 0 Å². The molecule has 1 atom stereocenters. The van der Waals surface area contributed by atoms with Gasteiger partial charge in [-0.2, -0.15) is 0 Å². The third-order valence-electron chi connectivity index (χ3n) is 4.98. The highest BCUT2D eigenvalue weighted by atomic mass is 15.4. The molecule has 0 saturated heterocycles. The molecule has 0 aromatic heterocycles. The van der Waals surface area contributed by atoms with E-state index in [2.05, 4.69) is 52.0 Å². The van der Waals surface area contributed by atoms with E-state index in [9.17, 15) is 0 Å². The van der Waals surface area contributed by atoms with Gasteiger partial charge in [-0.25, -0.2) is 0 Å². The first-order valence-corrected chi connectivity index (χ1v) is 9.29. The summed E-state index contributed by atoms with van der Waals surface area (Å²) in [5.74, 6) is 0. The van der Waals surface area contributed by atoms with Gasteiger partial charge >= 0.3 is 0 Å². The van der Waals surface area contributed by atoms with Crippen LogP contribution in [-0.2, 0) is 0 Å². The van der Waals surface area contributed by atoms with Crippen LogP contribution in [0.1, 0.15) is 72.6 Å². The Morgan fingerprint density at radius 2 is 1.38 bits per heavy atom. The zero-order chi connectivity index (χ0) is 15.6. The average molecular weight is 293 g/mol. The van der Waals surface area contributed by atoms with Crippen LogP contribution in [0.15, 0.2) is 24.3 Å². The standard InChI is InChI=1S/C20H38N/c1-5-8-16-21(17-9-6-2,18-10-7-3)19-20(4)14-12-11-13-15-20/h11-14H,5-10,15-19H2,1-4H3/q+1. The van der Waals surface area contributed by atoms with Crippen LogP contribution in [0.2, 0.25) is 0 Å². The average Bonchev–Trinajstić information content (AvgIpc) is 2.49. The van der Waals surface area contributed by atoms with Crippen LogP contribution in [0.25, 0.3) is 0 Å². The number of quaternary nitrogens is 1. The summed E-state index contributed by atoms with van der Waals surface area (Å²) in [5, 5.41) is 0. The largest absolute Gasteiger partial charge is 0.323 e. The molecule has 0 radical (unpaired) electrons. The molecular formula is C20H38N+. The van der Waals surface area contributed by atoms with Gasteiger partial charge in [0.15, 0.2) is 0 Å². The van der Waals surface area contributed by atoms with E-state index in [4.69, 9.17) is 0 Å². The van der Waals surface area contributed by atoms with E-state index >= 15 is 0 Å². The van der Waals surface area contributed by atoms with Crippen LogP contribution in [0, 0.1) is 5.41 Å². The van der Waals surface area contributed by atoms with Crippen molar-refractivity contribution in [3.05, 3.63) is 24.3 Å². The fourth-order valence-electron chi connectivity index (χ4n) is 3.71. The van der Waals surface area contributed by atoms with Gasteiger partial charge in [0, 0.05) is 5.41 Å². The molecular weight excluding hydrogens is 254 g/mol. The first-order chi connectivity index (χ1) is 10.1. The molecule has 122 valence electrons. The fraction of sp³-hybridized carbons (Fsp3) is 0.800. The van der Waals surface area contributed by atoms with Crippen molar-refractivity contribution >= 4 is 0 Å². The molecule has 1 unspecified atom stereocenters. The van der Waals surface area contributed by atoms with Crippen LogP contribution in [0.3, 0.4) is 0 Å². The van der Waals surface area contributed by atoms with Gasteiger partial charge in [-0.3, -0.25) is 0 Å². The predicted molar refractivity (Wildman–Crippen MR) is 95.5 cm³/mol. The lowest BCUT2D eigenvalue weighted by atomic mass is 9.82. The Morgan fingerprint density at radius 1 is 0.857 bits per heavy atom. The fourth-order valence-corrected chi connectivity index (χ4v) is 3.71. The van der Waals surface area contributed by atoms with Crippen LogP contribution < -0.4 is 0 Å². The molecule has 0 fully saturated rings. The zero-order valence-electron chi connectivity index (χ0n) is 15.0. The second-order valence-corrected chi connectivity index (χ2v) is 7.38. The third-order valence-corrected chi connectivity index (χ3v) is 4.98. The van der Waals surface area contributed by atoms with E-state index in [-0.39, 0.29) is 0 Å². The number of nitrogens with zero attached hydrogens (tertiary/aromatic N) is 1. The Balaban J connectivity index is 2.83. The van der Waals surface area contributed by atoms with Crippen molar-refractivity contribution in [2.24, 2.45) is 5.41 Å². The smallest absolute Gasteiger partial charge is 0.0879 e. The maximum Gasteiger partial charge on any atom is 0.0879 e. The van der Waals surface area contributed by atoms with Gasteiger partial charge in [0.1, 0.15) is 0 Å². The first-order valence-electron chi connectivity index (χ1n) is 9.29. The highest BCUT2D eigenvalue weighted by molar-refractivity contribution is 5.15. The lowest BCUT2D eigenvalue weighted by Crippen LogP contribution is -2.55. The molecule has 1 nitrogen and oxygen atoms in total. The van der Waals surface area contributed by atoms with Gasteiger partial charge in [0.05, 0.1) is 26.2 Å². The first kappa shape index (κ1) is 18.5. The highest BCUT2D eigenvalue weighted by Crippen LogP contribution is 2.32. The van der Waals surface area contributed by atoms with Crippen molar-refractivity contribution in [3.8, 4) is 0 Å². The van der Waals surface area contributed by atoms with Gasteiger partial charge in [0.2, 0.25) is 0 Å². The second-order valence-electron chi connectivity index (χ2n) is 7.38. The van der Waals surface area contributed by atoms with E-state index in [1.165, 1.54) is 75.6 Å². The summed E-state index contributed by atoms with van der Waals surface area (Å²) >= 11 is 0. The molecule has 0 saturated carbocycles. The lowest BCUT2D eigenvalue weighted by Gasteiger charge is -2.44. The number of allylic oxidation sites excluding steroid dienone is 3. The summed E-state index contributed by atoms with van der Waals surface area (Å²) in [7, 11) is 0. The van der Waals surface area contributed by atoms with Crippen LogP contribution in [-0.4, -0.2) is 30.7 Å². The Kier molecular flexibility index (Phi) is 8.33. The predicted octanol–water partition coefficient (Wildman–Crippen LogP) is 5.73. The summed E-state index contributed by atoms with van der Waals surface area (Å²) in [6.07, 6.45) is 18.6. The van der Waals surface area contributed by atoms with E-state index in [1.54, 1.807) is 0 Å². The summed E-state index contributed by atoms with van der Waals surface area (Å²) in [6.45, 7) is 14.9. The quantitative estimate of drug-likeness (QED) is 0.427. The van der Waals surface area contributed by atoms with Crippen molar-refractivity contribution in [2.45, 2.75) is 72.6 Å². The van der Waals surface area contributed by atoms with Gasteiger partial charge in [-0.15, -0.1) is 0 Å². The number of hydrogen-bond donors (Lipinski definition) is 0. The molecule has 0 N–H and O–H groups in total. The molecule has 0 bridgehead atoms. The summed E-state index contributed by atoms with van der Waals surface area (Å²) in [5.41, 5.74) is 0.365. The minimum atomic E-state index is 0.365. The van der Waals surface area contributed by atoms with Crippen molar-refractivity contribution in [1.82, 2.24) is 0 Å². The van der Waals surface area contributed by atoms with Gasteiger partial charge in [0.25, 0.3) is 0 Å². The van der Waals surface area contributed by atoms with E-state index in [0.29, 0.717) is 5.41 Å². The molecule has 21 heavy (non-hydrogen) atoms. The van der Waals surface area contributed by atoms with Gasteiger partial charge in [-0.05, 0) is 25.7 Å². The zero-order valence-corrected chi connectivity index (χ0v) is 15.0. The normalized spacial score (nSPS) is 21.9. The van der Waals surface area contributed by atoms with E-state index in [0.717, 1.165) is 0 Å². The van der Waals surface area contributed by atoms with E-state index in [1.807, 2.05) is 0 Å². The van der Waals surface area contributed by atoms with Crippen molar-refractivity contribution < 1.29 is 4.48 Å². The SMILES string of the molecule is CCCC[N+](CCCC)(CCCC)CC1(C)C=CC=CC1. The van der Waals surface area contributed by atoms with Crippen molar-refractivity contribution in [2.75, 3.05) is 26.2 Å². The lowest BCUT2D eigenvalue weighted by molar-refractivity contribution is -0.933. The molecule has 0 heterocycles. The molecule has 0 spiro atoms. The monoisotopic (exact) mass is 292 g/mol. The summed E-state index contributed by atoms with van der Waals surface area (Å²) in [4.78, 5) is 0. The topological polar surface area (TPSA) is 0 Å². The second kappa shape index (κ2) is 9.46. The molecule has 0 aromatic carbocycles. The number of unbranched alkanes of at least 4 members (excludes halogenated alkanes) is 3. The molecule has 1 aliphatic carbocycles. The van der Waals surface area contributed by atoms with Crippen LogP contribution in [0.4, 0.5) is 0 Å². The minimum absolute atomic E-state index is 0.365. The highest BCUT2D eigenvalue weighted by Gasteiger charge is 2.35. The number of rotatable bonds is 11. The van der Waals surface area contributed by atoms with Gasteiger partial charge in [-0.1, -0.05) is 71.3 Å². The molecule has 0 aromatic rings. The Bertz CT molecular complexity index is 307. The maximum absolute atomic E-state index is 2.46. The molecule has 0 amide bonds. The van der Waals surface area contributed by atoms with Crippen molar-refractivity contribution in [1.29, 1.82) is 0 Å². The van der Waals surface area contributed by atoms with Crippen molar-refractivity contribution in [3.63, 3.8) is 0 Å². The molecule has 1 aliphatic rings. The maximum atomic E-state index is 2.46.